The molecule has 13 heteroatoms. The number of hydrogen-bond acceptors (Lipinski definition) is 7. The molecule has 11 nitrogen and oxygen atoms in total. The Labute approximate surface area is 263 Å². The van der Waals surface area contributed by atoms with E-state index in [1.54, 1.807) is 77.9 Å². The van der Waals surface area contributed by atoms with E-state index in [0.717, 1.165) is 5.06 Å². The van der Waals surface area contributed by atoms with E-state index in [9.17, 15) is 28.0 Å². The number of carboxylic acids is 1. The van der Waals surface area contributed by atoms with E-state index >= 15 is 0 Å². The number of carboxylic acid groups (broad SMARTS) is 1. The lowest BCUT2D eigenvalue weighted by Crippen LogP contribution is -2.43. The van der Waals surface area contributed by atoms with Gasteiger partial charge in [-0.15, -0.1) is 0 Å². The number of carbonyl (C=O) groups is 4. The summed E-state index contributed by atoms with van der Waals surface area (Å²) in [5, 5.41) is 15.1. The number of benzene rings is 2. The van der Waals surface area contributed by atoms with Crippen LogP contribution in [0.2, 0.25) is 0 Å². The highest BCUT2D eigenvalue weighted by Gasteiger charge is 2.24. The molecular weight excluding hydrogens is 592 g/mol. The normalized spacial score (nSPS) is 12.5. The van der Waals surface area contributed by atoms with Crippen LogP contribution in [-0.2, 0) is 36.7 Å². The number of hydrogen-bond donors (Lipinski definition) is 3. The fourth-order valence-corrected chi connectivity index (χ4v) is 3.81. The summed E-state index contributed by atoms with van der Waals surface area (Å²) in [7, 11) is 2.83. The van der Waals surface area contributed by atoms with Crippen LogP contribution in [0.3, 0.4) is 0 Å². The summed E-state index contributed by atoms with van der Waals surface area (Å²) >= 11 is 0. The minimum absolute atomic E-state index is 0.0437. The summed E-state index contributed by atoms with van der Waals surface area (Å²) in [4.78, 5) is 51.4. The minimum Gasteiger partial charge on any atom is -0.481 e. The standard InChI is InChI=1S/C17H25FN2O4.C15H20FNO4/c1-17(2,3)24-16(22)19-13(11-15(21)20(4)23-5)10-12-8-6-7-9-14(12)18;1-15(2,3)21-14(20)17-11(9-13(18)19)8-10-6-4-5-7-12(10)16/h6-9,13H,10-11H2,1-5H3,(H,19,22);4-7,11H,8-9H2,1-3H3,(H,17,20)(H,18,19)/t13-;11-/m11/s1. The van der Waals surface area contributed by atoms with E-state index in [2.05, 4.69) is 10.6 Å². The molecule has 0 radical (unpaired) electrons. The number of amides is 3. The Balaban J connectivity index is 0.000000454. The van der Waals surface area contributed by atoms with Crippen LogP contribution in [0.25, 0.3) is 0 Å². The SMILES string of the molecule is CC(C)(C)OC(=O)N[C@@H](CC(=O)O)Cc1ccccc1F.CON(C)C(=O)C[C@@H](Cc1ccccc1F)NC(=O)OC(C)(C)C. The number of aliphatic carboxylic acids is 1. The lowest BCUT2D eigenvalue weighted by atomic mass is 10.0. The summed E-state index contributed by atoms with van der Waals surface area (Å²) in [5.41, 5.74) is -0.596. The van der Waals surface area contributed by atoms with Gasteiger partial charge in [0.25, 0.3) is 0 Å². The van der Waals surface area contributed by atoms with Crippen LogP contribution in [0.15, 0.2) is 48.5 Å². The third-order valence-electron chi connectivity index (χ3n) is 5.76. The molecule has 0 unspecified atom stereocenters. The molecular formula is C32H45F2N3O8. The second-order valence-corrected chi connectivity index (χ2v) is 12.2. The van der Waals surface area contributed by atoms with Gasteiger partial charge in [0, 0.05) is 25.6 Å². The summed E-state index contributed by atoms with van der Waals surface area (Å²) in [6.45, 7) is 10.3. The summed E-state index contributed by atoms with van der Waals surface area (Å²) in [6, 6.07) is 10.9. The lowest BCUT2D eigenvalue weighted by molar-refractivity contribution is -0.169. The fraction of sp³-hybridized carbons (Fsp3) is 0.500. The summed E-state index contributed by atoms with van der Waals surface area (Å²) in [5.74, 6) is -2.23. The van der Waals surface area contributed by atoms with Crippen molar-refractivity contribution >= 4 is 24.1 Å². The van der Waals surface area contributed by atoms with Crippen molar-refractivity contribution in [3.05, 3.63) is 71.3 Å². The average molecular weight is 638 g/mol. The van der Waals surface area contributed by atoms with Gasteiger partial charge in [0.05, 0.1) is 13.5 Å². The largest absolute Gasteiger partial charge is 0.481 e. The molecule has 0 aliphatic rings. The maximum absolute atomic E-state index is 13.9. The molecule has 45 heavy (non-hydrogen) atoms. The zero-order valence-corrected chi connectivity index (χ0v) is 27.1. The van der Waals surface area contributed by atoms with E-state index in [-0.39, 0.29) is 37.4 Å². The molecule has 2 aromatic rings. The lowest BCUT2D eigenvalue weighted by Gasteiger charge is -2.24. The molecule has 0 spiro atoms. The van der Waals surface area contributed by atoms with Crippen LogP contribution in [0.1, 0.15) is 65.5 Å². The molecule has 3 amide bonds. The monoisotopic (exact) mass is 637 g/mol. The topological polar surface area (TPSA) is 143 Å². The smallest absolute Gasteiger partial charge is 0.407 e. The molecule has 0 aliphatic heterocycles. The average Bonchev–Trinajstić information content (AvgIpc) is 2.88. The number of carbonyl (C=O) groups excluding carboxylic acids is 3. The van der Waals surface area contributed by atoms with Gasteiger partial charge in [-0.3, -0.25) is 14.4 Å². The first-order valence-electron chi connectivity index (χ1n) is 14.3. The van der Waals surface area contributed by atoms with Gasteiger partial charge in [0.15, 0.2) is 0 Å². The number of rotatable bonds is 11. The number of hydroxylamine groups is 2. The van der Waals surface area contributed by atoms with Crippen molar-refractivity contribution in [1.82, 2.24) is 15.7 Å². The van der Waals surface area contributed by atoms with E-state index in [1.165, 1.54) is 26.3 Å². The molecule has 2 aromatic carbocycles. The van der Waals surface area contributed by atoms with Gasteiger partial charge in [-0.25, -0.2) is 23.4 Å². The van der Waals surface area contributed by atoms with E-state index in [4.69, 9.17) is 19.4 Å². The maximum Gasteiger partial charge on any atom is 0.407 e. The van der Waals surface area contributed by atoms with Crippen LogP contribution < -0.4 is 10.6 Å². The van der Waals surface area contributed by atoms with Gasteiger partial charge in [0.2, 0.25) is 5.91 Å². The Morgan fingerprint density at radius 2 is 1.13 bits per heavy atom. The van der Waals surface area contributed by atoms with Gasteiger partial charge >= 0.3 is 18.2 Å². The van der Waals surface area contributed by atoms with Crippen molar-refractivity contribution < 1.29 is 47.4 Å². The number of nitrogens with zero attached hydrogens (tertiary/aromatic N) is 1. The molecule has 2 rings (SSSR count). The zero-order valence-electron chi connectivity index (χ0n) is 27.1. The van der Waals surface area contributed by atoms with Crippen molar-refractivity contribution in [2.45, 2.75) is 90.5 Å². The highest BCUT2D eigenvalue weighted by atomic mass is 19.1. The predicted octanol–water partition coefficient (Wildman–Crippen LogP) is 5.41. The van der Waals surface area contributed by atoms with Crippen LogP contribution in [0.5, 0.6) is 0 Å². The molecule has 3 N–H and O–H groups in total. The van der Waals surface area contributed by atoms with E-state index in [0.29, 0.717) is 11.1 Å². The highest BCUT2D eigenvalue weighted by Crippen LogP contribution is 2.15. The molecule has 0 fully saturated rings. The van der Waals surface area contributed by atoms with Gasteiger partial charge in [-0.2, -0.15) is 0 Å². The third-order valence-corrected chi connectivity index (χ3v) is 5.76. The maximum atomic E-state index is 13.9. The number of alkyl carbamates (subject to hydrolysis) is 2. The quantitative estimate of drug-likeness (QED) is 0.278. The van der Waals surface area contributed by atoms with Crippen molar-refractivity contribution in [3.63, 3.8) is 0 Å². The number of ether oxygens (including phenoxy) is 2. The summed E-state index contributed by atoms with van der Waals surface area (Å²) in [6.07, 6.45) is -1.49. The van der Waals surface area contributed by atoms with Crippen LogP contribution in [0.4, 0.5) is 18.4 Å². The van der Waals surface area contributed by atoms with Gasteiger partial charge < -0.3 is 25.2 Å². The van der Waals surface area contributed by atoms with Crippen LogP contribution in [-0.4, -0.2) is 71.7 Å². The molecule has 2 atom stereocenters. The first kappa shape index (κ1) is 38.8. The molecule has 0 bridgehead atoms. The molecule has 0 saturated heterocycles. The van der Waals surface area contributed by atoms with Crippen molar-refractivity contribution in [2.75, 3.05) is 14.2 Å². The number of halogens is 2. The predicted molar refractivity (Wildman–Crippen MR) is 163 cm³/mol. The van der Waals surface area contributed by atoms with Gasteiger partial charge in [-0.1, -0.05) is 36.4 Å². The molecule has 0 aliphatic carbocycles. The Morgan fingerprint density at radius 3 is 1.47 bits per heavy atom. The molecule has 0 saturated carbocycles. The highest BCUT2D eigenvalue weighted by molar-refractivity contribution is 5.77. The molecule has 0 heterocycles. The van der Waals surface area contributed by atoms with Gasteiger partial charge in [-0.05, 0) is 77.6 Å². The Bertz CT molecular complexity index is 1280. The van der Waals surface area contributed by atoms with Crippen LogP contribution >= 0.6 is 0 Å². The van der Waals surface area contributed by atoms with Crippen molar-refractivity contribution in [2.24, 2.45) is 0 Å². The first-order chi connectivity index (χ1) is 20.8. The second-order valence-electron chi connectivity index (χ2n) is 12.2. The van der Waals surface area contributed by atoms with Crippen LogP contribution in [0, 0.1) is 11.6 Å². The van der Waals surface area contributed by atoms with E-state index < -0.39 is 47.3 Å². The van der Waals surface area contributed by atoms with Gasteiger partial charge in [0.1, 0.15) is 22.8 Å². The van der Waals surface area contributed by atoms with E-state index in [1.807, 2.05) is 0 Å². The fourth-order valence-electron chi connectivity index (χ4n) is 3.81. The Kier molecular flexibility index (Phi) is 15.4. The Morgan fingerprint density at radius 1 is 0.756 bits per heavy atom. The number of nitrogens with one attached hydrogen (secondary N) is 2. The zero-order chi connectivity index (χ0) is 34.4. The third kappa shape index (κ3) is 17.0. The van der Waals surface area contributed by atoms with Crippen molar-refractivity contribution in [3.8, 4) is 0 Å². The molecule has 0 aromatic heterocycles. The Hall–Kier alpha value is -4.26. The molecule has 250 valence electrons. The van der Waals surface area contributed by atoms with Crippen molar-refractivity contribution in [1.29, 1.82) is 0 Å². The first-order valence-corrected chi connectivity index (χ1v) is 14.3. The second kappa shape index (κ2) is 17.9. The summed E-state index contributed by atoms with van der Waals surface area (Å²) < 4.78 is 37.7. The minimum atomic E-state index is -1.08.